The Morgan fingerprint density at radius 1 is 1.03 bits per heavy atom. The molecule has 1 amide bonds. The number of hydrogen-bond donors (Lipinski definition) is 1. The van der Waals surface area contributed by atoms with Gasteiger partial charge in [0.25, 0.3) is 5.91 Å². The number of nitrogens with one attached hydrogen (secondary N) is 1. The molecule has 0 radical (unpaired) electrons. The third-order valence-corrected chi connectivity index (χ3v) is 5.34. The van der Waals surface area contributed by atoms with Crippen LogP contribution in [0, 0.1) is 5.95 Å². The molecule has 6 nitrogen and oxygen atoms in total. The zero-order chi connectivity index (χ0) is 23.0. The van der Waals surface area contributed by atoms with Gasteiger partial charge < -0.3 is 5.32 Å². The van der Waals surface area contributed by atoms with Crippen molar-refractivity contribution in [1.82, 2.24) is 25.1 Å². The fourth-order valence-corrected chi connectivity index (χ4v) is 3.59. The minimum atomic E-state index is -0.613. The van der Waals surface area contributed by atoms with E-state index in [4.69, 9.17) is 0 Å². The predicted molar refractivity (Wildman–Crippen MR) is 126 cm³/mol. The summed E-state index contributed by atoms with van der Waals surface area (Å²) in [4.78, 5) is 20.9. The quantitative estimate of drug-likeness (QED) is 0.298. The van der Waals surface area contributed by atoms with Gasteiger partial charge in [0, 0.05) is 24.7 Å². The van der Waals surface area contributed by atoms with Crippen molar-refractivity contribution >= 4 is 5.91 Å². The average molecular weight is 444 g/mol. The van der Waals surface area contributed by atoms with E-state index in [0.717, 1.165) is 19.3 Å². The van der Waals surface area contributed by atoms with Gasteiger partial charge in [-0.15, -0.1) is 0 Å². The number of carbonyl (C=O) groups excluding carboxylic acids is 1. The molecule has 0 unspecified atom stereocenters. The van der Waals surface area contributed by atoms with E-state index in [-0.39, 0.29) is 11.5 Å². The summed E-state index contributed by atoms with van der Waals surface area (Å²) in [5.74, 6) is 0.178. The number of rotatable bonds is 9. The van der Waals surface area contributed by atoms with Crippen molar-refractivity contribution in [3.05, 3.63) is 95.8 Å². The Labute approximate surface area is 192 Å². The van der Waals surface area contributed by atoms with Crippen molar-refractivity contribution in [2.45, 2.75) is 32.6 Å². The van der Waals surface area contributed by atoms with Gasteiger partial charge in [-0.25, -0.2) is 14.6 Å². The van der Waals surface area contributed by atoms with Gasteiger partial charge in [-0.05, 0) is 55.2 Å². The van der Waals surface area contributed by atoms with Crippen LogP contribution in [0.1, 0.15) is 41.5 Å². The van der Waals surface area contributed by atoms with Gasteiger partial charge in [-0.1, -0.05) is 43.3 Å². The summed E-state index contributed by atoms with van der Waals surface area (Å²) in [6.07, 6.45) is 4.89. The van der Waals surface area contributed by atoms with Gasteiger partial charge in [0.15, 0.2) is 11.6 Å². The van der Waals surface area contributed by atoms with Gasteiger partial charge in [0.1, 0.15) is 0 Å². The number of aromatic nitrogens is 4. The molecule has 33 heavy (non-hydrogen) atoms. The van der Waals surface area contributed by atoms with E-state index in [1.807, 2.05) is 31.2 Å². The highest BCUT2D eigenvalue weighted by atomic mass is 19.1. The summed E-state index contributed by atoms with van der Waals surface area (Å²) in [5.41, 5.74) is 2.72. The minimum absolute atomic E-state index is 0.151. The Hall–Kier alpha value is -3.87. The summed E-state index contributed by atoms with van der Waals surface area (Å²) < 4.78 is 15.9. The SMILES string of the molecule is CCc1nc(-c2cccnc2F)n(-c2cccc(C(=O)NCCCCc3ccccc3)c2)n1. The van der Waals surface area contributed by atoms with Gasteiger partial charge in [-0.3, -0.25) is 4.79 Å². The molecule has 2 aromatic heterocycles. The second kappa shape index (κ2) is 10.6. The van der Waals surface area contributed by atoms with E-state index in [1.54, 1.807) is 35.0 Å². The Kier molecular flexibility index (Phi) is 7.19. The number of carbonyl (C=O) groups is 1. The molecule has 0 aliphatic heterocycles. The zero-order valence-corrected chi connectivity index (χ0v) is 18.5. The fraction of sp³-hybridized carbons (Fsp3) is 0.231. The number of aryl methyl sites for hydroxylation is 2. The Balaban J connectivity index is 1.45. The van der Waals surface area contributed by atoms with E-state index in [1.165, 1.54) is 11.8 Å². The van der Waals surface area contributed by atoms with Crippen LogP contribution < -0.4 is 5.32 Å². The number of hydrogen-bond acceptors (Lipinski definition) is 4. The predicted octanol–water partition coefficient (Wildman–Crippen LogP) is 4.78. The third kappa shape index (κ3) is 5.49. The Bertz CT molecular complexity index is 1220. The number of benzene rings is 2. The number of pyridine rings is 1. The van der Waals surface area contributed by atoms with Crippen molar-refractivity contribution in [3.63, 3.8) is 0 Å². The van der Waals surface area contributed by atoms with Gasteiger partial charge in [0.05, 0.1) is 11.3 Å². The molecule has 0 bridgehead atoms. The monoisotopic (exact) mass is 443 g/mol. The topological polar surface area (TPSA) is 72.7 Å². The lowest BCUT2D eigenvalue weighted by Crippen LogP contribution is -2.24. The van der Waals surface area contributed by atoms with Crippen LogP contribution in [0.2, 0.25) is 0 Å². The molecule has 0 saturated carbocycles. The smallest absolute Gasteiger partial charge is 0.251 e. The van der Waals surface area contributed by atoms with Gasteiger partial charge in [0.2, 0.25) is 5.95 Å². The largest absolute Gasteiger partial charge is 0.352 e. The van der Waals surface area contributed by atoms with Crippen LogP contribution in [0.3, 0.4) is 0 Å². The van der Waals surface area contributed by atoms with Crippen molar-refractivity contribution in [2.75, 3.05) is 6.54 Å². The fourth-order valence-electron chi connectivity index (χ4n) is 3.59. The summed E-state index contributed by atoms with van der Waals surface area (Å²) in [6, 6.07) is 20.7. The van der Waals surface area contributed by atoms with E-state index in [2.05, 4.69) is 32.5 Å². The molecule has 4 rings (SSSR count). The van der Waals surface area contributed by atoms with Crippen LogP contribution in [0.15, 0.2) is 72.9 Å². The van der Waals surface area contributed by atoms with E-state index >= 15 is 0 Å². The summed E-state index contributed by atoms with van der Waals surface area (Å²) in [7, 11) is 0. The third-order valence-electron chi connectivity index (χ3n) is 5.34. The standard InChI is InChI=1S/C26H26FN5O/c1-2-23-30-25(22-15-9-17-28-24(22)27)32(31-23)21-14-8-13-20(18-21)26(33)29-16-7-6-12-19-10-4-3-5-11-19/h3-5,8-11,13-15,17-18H,2,6-7,12,16H2,1H3,(H,29,33). The van der Waals surface area contributed by atoms with Crippen molar-refractivity contribution in [1.29, 1.82) is 0 Å². The lowest BCUT2D eigenvalue weighted by atomic mass is 10.1. The molecule has 0 spiro atoms. The Morgan fingerprint density at radius 2 is 1.88 bits per heavy atom. The first-order chi connectivity index (χ1) is 16.2. The normalized spacial score (nSPS) is 10.8. The van der Waals surface area contributed by atoms with Crippen LogP contribution in [0.4, 0.5) is 4.39 Å². The van der Waals surface area contributed by atoms with Crippen LogP contribution in [-0.2, 0) is 12.8 Å². The van der Waals surface area contributed by atoms with Crippen molar-refractivity contribution < 1.29 is 9.18 Å². The molecule has 0 aliphatic carbocycles. The molecule has 4 aromatic rings. The number of halogens is 1. The highest BCUT2D eigenvalue weighted by molar-refractivity contribution is 5.94. The lowest BCUT2D eigenvalue weighted by molar-refractivity contribution is 0.0953. The van der Waals surface area contributed by atoms with Crippen molar-refractivity contribution in [3.8, 4) is 17.1 Å². The molecule has 1 N–H and O–H groups in total. The van der Waals surface area contributed by atoms with Crippen LogP contribution in [0.25, 0.3) is 17.1 Å². The van der Waals surface area contributed by atoms with E-state index in [9.17, 15) is 9.18 Å². The number of unbranched alkanes of at least 4 members (excludes halogenated alkanes) is 1. The highest BCUT2D eigenvalue weighted by Crippen LogP contribution is 2.23. The molecule has 168 valence electrons. The molecule has 0 aliphatic rings. The summed E-state index contributed by atoms with van der Waals surface area (Å²) in [6.45, 7) is 2.54. The molecule has 2 aromatic carbocycles. The maximum atomic E-state index is 14.3. The van der Waals surface area contributed by atoms with Gasteiger partial charge >= 0.3 is 0 Å². The molecule has 0 fully saturated rings. The first-order valence-corrected chi connectivity index (χ1v) is 11.1. The molecular weight excluding hydrogens is 417 g/mol. The second-order valence-corrected chi connectivity index (χ2v) is 7.71. The number of nitrogens with zero attached hydrogens (tertiary/aromatic N) is 4. The zero-order valence-electron chi connectivity index (χ0n) is 18.5. The molecular formula is C26H26FN5O. The van der Waals surface area contributed by atoms with Crippen LogP contribution in [-0.4, -0.2) is 32.2 Å². The molecule has 0 atom stereocenters. The maximum absolute atomic E-state index is 14.3. The minimum Gasteiger partial charge on any atom is -0.352 e. The molecule has 7 heteroatoms. The Morgan fingerprint density at radius 3 is 2.67 bits per heavy atom. The highest BCUT2D eigenvalue weighted by Gasteiger charge is 2.17. The van der Waals surface area contributed by atoms with Crippen molar-refractivity contribution in [2.24, 2.45) is 0 Å². The lowest BCUT2D eigenvalue weighted by Gasteiger charge is -2.09. The summed E-state index contributed by atoms with van der Waals surface area (Å²) in [5, 5.41) is 7.49. The van der Waals surface area contributed by atoms with Crippen LogP contribution in [0.5, 0.6) is 0 Å². The van der Waals surface area contributed by atoms with Crippen LogP contribution >= 0.6 is 0 Å². The average Bonchev–Trinajstić information content (AvgIpc) is 3.29. The summed E-state index contributed by atoms with van der Waals surface area (Å²) >= 11 is 0. The molecule has 0 saturated heterocycles. The second-order valence-electron chi connectivity index (χ2n) is 7.71. The van der Waals surface area contributed by atoms with Gasteiger partial charge in [-0.2, -0.15) is 9.49 Å². The first-order valence-electron chi connectivity index (χ1n) is 11.1. The number of amides is 1. The molecule has 2 heterocycles. The maximum Gasteiger partial charge on any atom is 0.251 e. The van der Waals surface area contributed by atoms with E-state index in [0.29, 0.717) is 35.9 Å². The van der Waals surface area contributed by atoms with E-state index < -0.39 is 5.95 Å². The first kappa shape index (κ1) is 22.3.